The van der Waals surface area contributed by atoms with E-state index in [9.17, 15) is 9.59 Å². The number of hydrogen-bond donors (Lipinski definition) is 0. The van der Waals surface area contributed by atoms with Crippen LogP contribution in [0.1, 0.15) is 45.2 Å². The van der Waals surface area contributed by atoms with Gasteiger partial charge in [-0.25, -0.2) is 0 Å². The Morgan fingerprint density at radius 3 is 1.70 bits per heavy atom. The number of rotatable bonds is 5. The predicted molar refractivity (Wildman–Crippen MR) is 80.3 cm³/mol. The van der Waals surface area contributed by atoms with Crippen molar-refractivity contribution in [3.05, 3.63) is 70.8 Å². The standard InChI is InChI=1S/C18H18O2/c1-3-14-6-10-16(11-7-14)18(20)12-17(19)15-8-4-13(2)5-9-15/h4-11H,3,12H2,1-2H3. The summed E-state index contributed by atoms with van der Waals surface area (Å²) in [5.74, 6) is -0.257. The summed E-state index contributed by atoms with van der Waals surface area (Å²) < 4.78 is 0. The van der Waals surface area contributed by atoms with Gasteiger partial charge >= 0.3 is 0 Å². The van der Waals surface area contributed by atoms with Crippen molar-refractivity contribution < 1.29 is 9.59 Å². The molecule has 0 aliphatic carbocycles. The third kappa shape index (κ3) is 3.41. The summed E-state index contributed by atoms with van der Waals surface area (Å²) in [5, 5.41) is 0. The molecular formula is C18H18O2. The number of Topliss-reactive ketones (excluding diaryl/α,β-unsaturated/α-hetero) is 2. The zero-order valence-corrected chi connectivity index (χ0v) is 11.8. The highest BCUT2D eigenvalue weighted by atomic mass is 16.1. The van der Waals surface area contributed by atoms with E-state index in [4.69, 9.17) is 0 Å². The van der Waals surface area contributed by atoms with E-state index in [-0.39, 0.29) is 18.0 Å². The van der Waals surface area contributed by atoms with Crippen LogP contribution in [-0.4, -0.2) is 11.6 Å². The molecule has 2 rings (SSSR count). The second-order valence-corrected chi connectivity index (χ2v) is 4.94. The van der Waals surface area contributed by atoms with Crippen LogP contribution >= 0.6 is 0 Å². The summed E-state index contributed by atoms with van der Waals surface area (Å²) in [4.78, 5) is 24.1. The average Bonchev–Trinajstić information content (AvgIpc) is 2.48. The van der Waals surface area contributed by atoms with E-state index < -0.39 is 0 Å². The van der Waals surface area contributed by atoms with Gasteiger partial charge in [0, 0.05) is 11.1 Å². The third-order valence-electron chi connectivity index (χ3n) is 3.38. The topological polar surface area (TPSA) is 34.1 Å². The lowest BCUT2D eigenvalue weighted by molar-refractivity contribution is 0.0894. The maximum Gasteiger partial charge on any atom is 0.170 e. The fourth-order valence-electron chi connectivity index (χ4n) is 2.02. The van der Waals surface area contributed by atoms with E-state index in [2.05, 4.69) is 6.92 Å². The Kier molecular flexibility index (Phi) is 4.46. The van der Waals surface area contributed by atoms with Gasteiger partial charge in [0.05, 0.1) is 6.42 Å². The van der Waals surface area contributed by atoms with Crippen LogP contribution in [0.2, 0.25) is 0 Å². The van der Waals surface area contributed by atoms with E-state index in [1.54, 1.807) is 24.3 Å². The maximum absolute atomic E-state index is 12.1. The molecule has 0 saturated heterocycles. The summed E-state index contributed by atoms with van der Waals surface area (Å²) in [6.07, 6.45) is 0.866. The molecule has 0 heterocycles. The van der Waals surface area contributed by atoms with Crippen LogP contribution in [0.5, 0.6) is 0 Å². The Hall–Kier alpha value is -2.22. The fraction of sp³-hybridized carbons (Fsp3) is 0.222. The first-order valence-electron chi connectivity index (χ1n) is 6.82. The van der Waals surface area contributed by atoms with Crippen LogP contribution in [0, 0.1) is 6.92 Å². The van der Waals surface area contributed by atoms with Crippen LogP contribution in [0.15, 0.2) is 48.5 Å². The monoisotopic (exact) mass is 266 g/mol. The Bertz CT molecular complexity index is 607. The molecule has 2 aromatic carbocycles. The molecule has 0 N–H and O–H groups in total. The Morgan fingerprint density at radius 2 is 1.25 bits per heavy atom. The van der Waals surface area contributed by atoms with Gasteiger partial charge in [0.25, 0.3) is 0 Å². The molecule has 2 nitrogen and oxygen atoms in total. The predicted octanol–water partition coefficient (Wildman–Crippen LogP) is 4.01. The minimum atomic E-state index is -0.130. The minimum Gasteiger partial charge on any atom is -0.294 e. The van der Waals surface area contributed by atoms with Crippen molar-refractivity contribution in [3.8, 4) is 0 Å². The number of benzene rings is 2. The second kappa shape index (κ2) is 6.29. The van der Waals surface area contributed by atoms with Crippen molar-refractivity contribution in [1.29, 1.82) is 0 Å². The lowest BCUT2D eigenvalue weighted by Gasteiger charge is -2.03. The first-order valence-corrected chi connectivity index (χ1v) is 6.82. The molecule has 0 aliphatic heterocycles. The van der Waals surface area contributed by atoms with Crippen molar-refractivity contribution in [3.63, 3.8) is 0 Å². The number of carbonyl (C=O) groups excluding carboxylic acids is 2. The van der Waals surface area contributed by atoms with Gasteiger partial charge in [0.15, 0.2) is 11.6 Å². The fourth-order valence-corrected chi connectivity index (χ4v) is 2.02. The third-order valence-corrected chi connectivity index (χ3v) is 3.38. The van der Waals surface area contributed by atoms with Crippen LogP contribution in [0.3, 0.4) is 0 Å². The summed E-state index contributed by atoms with van der Waals surface area (Å²) in [7, 11) is 0. The highest BCUT2D eigenvalue weighted by Gasteiger charge is 2.13. The maximum atomic E-state index is 12.1. The van der Waals surface area contributed by atoms with Gasteiger partial charge in [-0.3, -0.25) is 9.59 Å². The number of hydrogen-bond acceptors (Lipinski definition) is 2. The van der Waals surface area contributed by atoms with Gasteiger partial charge in [-0.1, -0.05) is 61.0 Å². The molecule has 0 atom stereocenters. The normalized spacial score (nSPS) is 10.3. The van der Waals surface area contributed by atoms with E-state index >= 15 is 0 Å². The summed E-state index contributed by atoms with van der Waals surface area (Å²) in [5.41, 5.74) is 3.48. The van der Waals surface area contributed by atoms with Crippen LogP contribution in [-0.2, 0) is 6.42 Å². The Labute approximate surface area is 119 Å². The van der Waals surface area contributed by atoms with E-state index in [0.29, 0.717) is 11.1 Å². The lowest BCUT2D eigenvalue weighted by atomic mass is 10.00. The largest absolute Gasteiger partial charge is 0.294 e. The molecule has 0 bridgehead atoms. The quantitative estimate of drug-likeness (QED) is 0.605. The molecule has 102 valence electrons. The van der Waals surface area contributed by atoms with Gasteiger partial charge in [-0.15, -0.1) is 0 Å². The SMILES string of the molecule is CCc1ccc(C(=O)CC(=O)c2ccc(C)cc2)cc1. The van der Waals surface area contributed by atoms with Gasteiger partial charge in [-0.2, -0.15) is 0 Å². The zero-order chi connectivity index (χ0) is 14.5. The van der Waals surface area contributed by atoms with Gasteiger partial charge in [0.2, 0.25) is 0 Å². The molecule has 20 heavy (non-hydrogen) atoms. The smallest absolute Gasteiger partial charge is 0.170 e. The summed E-state index contributed by atoms with van der Waals surface area (Å²) in [6, 6.07) is 14.8. The molecule has 0 fully saturated rings. The molecule has 2 aromatic rings. The molecular weight excluding hydrogens is 248 g/mol. The second-order valence-electron chi connectivity index (χ2n) is 4.94. The van der Waals surface area contributed by atoms with Gasteiger partial charge in [-0.05, 0) is 18.9 Å². The number of aryl methyl sites for hydroxylation is 2. The molecule has 0 amide bonds. The highest BCUT2D eigenvalue weighted by Crippen LogP contribution is 2.11. The number of carbonyl (C=O) groups is 2. The average molecular weight is 266 g/mol. The first-order chi connectivity index (χ1) is 9.60. The molecule has 0 saturated carbocycles. The van der Waals surface area contributed by atoms with Crippen molar-refractivity contribution in [2.75, 3.05) is 0 Å². The van der Waals surface area contributed by atoms with Crippen molar-refractivity contribution in [1.82, 2.24) is 0 Å². The van der Waals surface area contributed by atoms with E-state index in [1.165, 1.54) is 5.56 Å². The zero-order valence-electron chi connectivity index (χ0n) is 11.8. The Morgan fingerprint density at radius 1 is 0.800 bits per heavy atom. The number of ketones is 2. The van der Waals surface area contributed by atoms with E-state index in [0.717, 1.165) is 12.0 Å². The van der Waals surface area contributed by atoms with Crippen molar-refractivity contribution >= 4 is 11.6 Å². The molecule has 0 unspecified atom stereocenters. The molecule has 2 heteroatoms. The van der Waals surface area contributed by atoms with Crippen molar-refractivity contribution in [2.45, 2.75) is 26.7 Å². The molecule has 0 aromatic heterocycles. The van der Waals surface area contributed by atoms with Crippen molar-refractivity contribution in [2.24, 2.45) is 0 Å². The van der Waals surface area contributed by atoms with Crippen LogP contribution in [0.25, 0.3) is 0 Å². The lowest BCUT2D eigenvalue weighted by Crippen LogP contribution is -2.08. The minimum absolute atomic E-state index is 0.0749. The first kappa shape index (κ1) is 14.2. The molecule has 0 aliphatic rings. The Balaban J connectivity index is 2.06. The van der Waals surface area contributed by atoms with E-state index in [1.807, 2.05) is 31.2 Å². The highest BCUT2D eigenvalue weighted by molar-refractivity contribution is 6.13. The van der Waals surface area contributed by atoms with Crippen LogP contribution in [0.4, 0.5) is 0 Å². The molecule has 0 radical (unpaired) electrons. The van der Waals surface area contributed by atoms with Gasteiger partial charge in [0.1, 0.15) is 0 Å². The summed E-state index contributed by atoms with van der Waals surface area (Å²) >= 11 is 0. The summed E-state index contributed by atoms with van der Waals surface area (Å²) in [6.45, 7) is 4.03. The molecule has 0 spiro atoms. The van der Waals surface area contributed by atoms with Crippen LogP contribution < -0.4 is 0 Å². The van der Waals surface area contributed by atoms with Gasteiger partial charge < -0.3 is 0 Å².